The average Bonchev–Trinajstić information content (AvgIpc) is 3.08. The summed E-state index contributed by atoms with van der Waals surface area (Å²) in [5.74, 6) is -0.585. The van der Waals surface area contributed by atoms with Crippen molar-refractivity contribution in [3.8, 4) is 5.75 Å². The number of carbonyl (C=O) groups is 2. The monoisotopic (exact) mass is 484 g/mol. The fourth-order valence-corrected chi connectivity index (χ4v) is 4.37. The molecule has 0 aliphatic rings. The Morgan fingerprint density at radius 3 is 2.39 bits per heavy atom. The molecule has 0 aliphatic heterocycles. The highest BCUT2D eigenvalue weighted by Crippen LogP contribution is 2.28. The first-order valence-electron chi connectivity index (χ1n) is 12.1. The van der Waals surface area contributed by atoms with Gasteiger partial charge in [-0.1, -0.05) is 42.0 Å². The molecule has 1 heterocycles. The minimum Gasteiger partial charge on any atom is -0.479 e. The number of nitrogens with one attached hydrogen (secondary N) is 1. The van der Waals surface area contributed by atoms with Crippen molar-refractivity contribution < 1.29 is 19.4 Å². The Balaban J connectivity index is 1.57. The molecule has 186 valence electrons. The van der Waals surface area contributed by atoms with Crippen molar-refractivity contribution in [1.29, 1.82) is 0 Å². The van der Waals surface area contributed by atoms with Crippen molar-refractivity contribution in [3.63, 3.8) is 0 Å². The number of nitrogens with zero attached hydrogens (tertiary/aromatic N) is 1. The lowest BCUT2D eigenvalue weighted by atomic mass is 10.1. The predicted octanol–water partition coefficient (Wildman–Crippen LogP) is 5.96. The van der Waals surface area contributed by atoms with Crippen molar-refractivity contribution in [1.82, 2.24) is 9.88 Å². The van der Waals surface area contributed by atoms with E-state index in [1.54, 1.807) is 6.07 Å². The minimum absolute atomic E-state index is 0.0976. The fourth-order valence-electron chi connectivity index (χ4n) is 4.37. The van der Waals surface area contributed by atoms with Crippen molar-refractivity contribution in [3.05, 3.63) is 100 Å². The van der Waals surface area contributed by atoms with Gasteiger partial charge in [0.05, 0.1) is 6.04 Å². The lowest BCUT2D eigenvalue weighted by Gasteiger charge is -2.15. The van der Waals surface area contributed by atoms with Crippen LogP contribution in [0.3, 0.4) is 0 Å². The molecule has 0 unspecified atom stereocenters. The predicted molar refractivity (Wildman–Crippen MR) is 142 cm³/mol. The van der Waals surface area contributed by atoms with Crippen LogP contribution in [-0.2, 0) is 11.3 Å². The van der Waals surface area contributed by atoms with Gasteiger partial charge in [0.1, 0.15) is 5.75 Å². The molecule has 6 heteroatoms. The summed E-state index contributed by atoms with van der Waals surface area (Å²) in [5, 5.41) is 13.3. The molecule has 1 amide bonds. The Hall–Kier alpha value is -4.06. The number of hydrogen-bond donors (Lipinski definition) is 2. The van der Waals surface area contributed by atoms with Crippen LogP contribution in [0.25, 0.3) is 10.9 Å². The van der Waals surface area contributed by atoms with Crippen LogP contribution in [0.5, 0.6) is 5.75 Å². The summed E-state index contributed by atoms with van der Waals surface area (Å²) in [5.41, 5.74) is 7.15. The molecule has 1 aromatic heterocycles. The molecular formula is C30H32N2O4. The highest BCUT2D eigenvalue weighted by atomic mass is 16.5. The van der Waals surface area contributed by atoms with E-state index in [1.165, 1.54) is 12.5 Å². The SMILES string of the molecule is Cc1ccc([C@H](C)NC(=O)c2ccc3c(c2)c(C)c(C)n3Cc2cccc(O[C@@H](C)C(=O)O)c2)cc1. The molecule has 0 spiro atoms. The number of fused-ring (bicyclic) bond motifs is 1. The topological polar surface area (TPSA) is 80.6 Å². The fraction of sp³-hybridized carbons (Fsp3) is 0.267. The number of carboxylic acids is 1. The Morgan fingerprint density at radius 1 is 0.972 bits per heavy atom. The zero-order valence-corrected chi connectivity index (χ0v) is 21.3. The van der Waals surface area contributed by atoms with Gasteiger partial charge in [0.25, 0.3) is 5.91 Å². The van der Waals surface area contributed by atoms with Gasteiger partial charge in [0.15, 0.2) is 6.10 Å². The van der Waals surface area contributed by atoms with Gasteiger partial charge < -0.3 is 19.7 Å². The van der Waals surface area contributed by atoms with Crippen LogP contribution in [0.4, 0.5) is 0 Å². The molecule has 3 aromatic carbocycles. The molecule has 2 N–H and O–H groups in total. The number of aryl methyl sites for hydroxylation is 2. The summed E-state index contributed by atoms with van der Waals surface area (Å²) in [4.78, 5) is 24.2. The molecule has 0 bridgehead atoms. The van der Waals surface area contributed by atoms with E-state index >= 15 is 0 Å². The standard InChI is InChI=1S/C30H32N2O4/c1-18-9-11-24(12-10-18)20(3)31-29(33)25-13-14-28-27(16-25)19(2)21(4)32(28)17-23-7-6-8-26(15-23)36-22(5)30(34)35/h6-16,20,22H,17H2,1-5H3,(H,31,33)(H,34,35)/t20-,22-/m0/s1. The van der Waals surface area contributed by atoms with E-state index < -0.39 is 12.1 Å². The van der Waals surface area contributed by atoms with Crippen LogP contribution in [0, 0.1) is 20.8 Å². The number of aromatic nitrogens is 1. The summed E-state index contributed by atoms with van der Waals surface area (Å²) in [6.07, 6.45) is -0.921. The number of benzene rings is 3. The molecule has 0 saturated heterocycles. The van der Waals surface area contributed by atoms with Crippen molar-refractivity contribution in [2.45, 2.75) is 53.3 Å². The third-order valence-electron chi connectivity index (χ3n) is 6.73. The van der Waals surface area contributed by atoms with Crippen molar-refractivity contribution in [2.24, 2.45) is 0 Å². The lowest BCUT2D eigenvalue weighted by molar-refractivity contribution is -0.144. The van der Waals surface area contributed by atoms with E-state index in [4.69, 9.17) is 9.84 Å². The van der Waals surface area contributed by atoms with E-state index in [9.17, 15) is 9.59 Å². The second-order valence-corrected chi connectivity index (χ2v) is 9.38. The summed E-state index contributed by atoms with van der Waals surface area (Å²) in [7, 11) is 0. The summed E-state index contributed by atoms with van der Waals surface area (Å²) < 4.78 is 7.74. The summed E-state index contributed by atoms with van der Waals surface area (Å²) >= 11 is 0. The van der Waals surface area contributed by atoms with Crippen LogP contribution in [0.1, 0.15) is 58.2 Å². The van der Waals surface area contributed by atoms with Crippen LogP contribution < -0.4 is 10.1 Å². The Kier molecular flexibility index (Phi) is 7.15. The zero-order chi connectivity index (χ0) is 26.0. The Labute approximate surface area is 211 Å². The molecule has 2 atom stereocenters. The average molecular weight is 485 g/mol. The number of carboxylic acid groups (broad SMARTS) is 1. The van der Waals surface area contributed by atoms with Crippen LogP contribution >= 0.6 is 0 Å². The van der Waals surface area contributed by atoms with Gasteiger partial charge in [-0.3, -0.25) is 4.79 Å². The largest absolute Gasteiger partial charge is 0.479 e. The first kappa shape index (κ1) is 25.0. The molecule has 4 rings (SSSR count). The highest BCUT2D eigenvalue weighted by Gasteiger charge is 2.17. The van der Waals surface area contributed by atoms with Gasteiger partial charge in [0, 0.05) is 28.7 Å². The van der Waals surface area contributed by atoms with Crippen LogP contribution in [-0.4, -0.2) is 27.7 Å². The van der Waals surface area contributed by atoms with Gasteiger partial charge in [-0.05, 0) is 81.6 Å². The van der Waals surface area contributed by atoms with Crippen molar-refractivity contribution in [2.75, 3.05) is 0 Å². The summed E-state index contributed by atoms with van der Waals surface area (Å²) in [6, 6.07) is 21.4. The maximum atomic E-state index is 13.0. The molecule has 0 radical (unpaired) electrons. The van der Waals surface area contributed by atoms with E-state index in [2.05, 4.69) is 23.7 Å². The molecule has 0 aliphatic carbocycles. The molecular weight excluding hydrogens is 452 g/mol. The molecule has 4 aromatic rings. The number of ether oxygens (including phenoxy) is 1. The third-order valence-corrected chi connectivity index (χ3v) is 6.73. The number of rotatable bonds is 8. The zero-order valence-electron chi connectivity index (χ0n) is 21.3. The molecule has 0 saturated carbocycles. The van der Waals surface area contributed by atoms with Gasteiger partial charge in [0.2, 0.25) is 0 Å². The number of hydrogen-bond acceptors (Lipinski definition) is 3. The quantitative estimate of drug-likeness (QED) is 0.323. The van der Waals surface area contributed by atoms with Crippen LogP contribution in [0.15, 0.2) is 66.7 Å². The maximum Gasteiger partial charge on any atom is 0.344 e. The minimum atomic E-state index is -1.00. The van der Waals surface area contributed by atoms with E-state index in [-0.39, 0.29) is 11.9 Å². The number of amides is 1. The number of carbonyl (C=O) groups excluding carboxylic acids is 1. The summed E-state index contributed by atoms with van der Waals surface area (Å²) in [6.45, 7) is 10.3. The van der Waals surface area contributed by atoms with Crippen molar-refractivity contribution >= 4 is 22.8 Å². The van der Waals surface area contributed by atoms with Gasteiger partial charge in [-0.2, -0.15) is 0 Å². The van der Waals surface area contributed by atoms with Gasteiger partial charge >= 0.3 is 5.97 Å². The highest BCUT2D eigenvalue weighted by molar-refractivity contribution is 5.99. The molecule has 6 nitrogen and oxygen atoms in total. The normalized spacial score (nSPS) is 12.8. The van der Waals surface area contributed by atoms with Gasteiger partial charge in [-0.15, -0.1) is 0 Å². The Morgan fingerprint density at radius 2 is 1.69 bits per heavy atom. The Bertz CT molecular complexity index is 1420. The van der Waals surface area contributed by atoms with E-state index in [0.717, 1.165) is 33.3 Å². The third kappa shape index (κ3) is 5.28. The van der Waals surface area contributed by atoms with Crippen LogP contribution in [0.2, 0.25) is 0 Å². The smallest absolute Gasteiger partial charge is 0.344 e. The first-order valence-corrected chi connectivity index (χ1v) is 12.1. The van der Waals surface area contributed by atoms with E-state index in [1.807, 2.05) is 74.5 Å². The number of aliphatic carboxylic acids is 1. The first-order chi connectivity index (χ1) is 17.1. The van der Waals surface area contributed by atoms with E-state index in [0.29, 0.717) is 17.9 Å². The molecule has 36 heavy (non-hydrogen) atoms. The lowest BCUT2D eigenvalue weighted by Crippen LogP contribution is -2.26. The molecule has 0 fully saturated rings. The van der Waals surface area contributed by atoms with Gasteiger partial charge in [-0.25, -0.2) is 4.79 Å². The maximum absolute atomic E-state index is 13.0. The second kappa shape index (κ2) is 10.3. The second-order valence-electron chi connectivity index (χ2n) is 9.38.